The average Bonchev–Trinajstić information content (AvgIpc) is 2.92. The van der Waals surface area contributed by atoms with Gasteiger partial charge in [-0.05, 0) is 24.6 Å². The zero-order chi connectivity index (χ0) is 18.6. The van der Waals surface area contributed by atoms with Crippen LogP contribution >= 0.6 is 0 Å². The molecule has 1 aromatic carbocycles. The van der Waals surface area contributed by atoms with Crippen molar-refractivity contribution in [3.63, 3.8) is 0 Å². The van der Waals surface area contributed by atoms with Gasteiger partial charge in [-0.2, -0.15) is 8.78 Å². The number of halogens is 2. The molecular weight excluding hydrogens is 362 g/mol. The van der Waals surface area contributed by atoms with Gasteiger partial charge in [0.2, 0.25) is 5.91 Å². The van der Waals surface area contributed by atoms with Crippen LogP contribution in [0.25, 0.3) is 0 Å². The van der Waals surface area contributed by atoms with Crippen molar-refractivity contribution in [2.24, 2.45) is 5.92 Å². The third-order valence-electron chi connectivity index (χ3n) is 3.54. The highest BCUT2D eigenvalue weighted by atomic mass is 32.2. The molecule has 0 aliphatic carbocycles. The van der Waals surface area contributed by atoms with Crippen LogP contribution in [0.5, 0.6) is 11.5 Å². The van der Waals surface area contributed by atoms with E-state index in [4.69, 9.17) is 4.74 Å². The van der Waals surface area contributed by atoms with Gasteiger partial charge in [0.25, 0.3) is 5.91 Å². The standard InChI is InChI=1S/C14H16F2N2O6S/c1-23-11-6-8(2-3-10(11)24-14(15)16)12(19)17-18-13(20)9-4-5-25(21,22)7-9/h2-3,6,9,14H,4-5,7H2,1H3,(H,17,19)(H,18,20)/t9-/m1/s1. The van der Waals surface area contributed by atoms with Crippen molar-refractivity contribution in [3.8, 4) is 11.5 Å². The van der Waals surface area contributed by atoms with Crippen molar-refractivity contribution in [2.75, 3.05) is 18.6 Å². The second kappa shape index (κ2) is 7.64. The Bertz CT molecular complexity index is 769. The number of hydrogen-bond donors (Lipinski definition) is 2. The first-order valence-corrected chi connectivity index (χ1v) is 8.97. The predicted octanol–water partition coefficient (Wildman–Crippen LogP) is 0.492. The molecule has 1 saturated heterocycles. The zero-order valence-electron chi connectivity index (χ0n) is 13.1. The SMILES string of the molecule is COc1cc(C(=O)NNC(=O)[C@@H]2CCS(=O)(=O)C2)ccc1OC(F)F. The first-order valence-electron chi connectivity index (χ1n) is 7.15. The minimum Gasteiger partial charge on any atom is -0.493 e. The molecule has 25 heavy (non-hydrogen) atoms. The molecule has 2 N–H and O–H groups in total. The van der Waals surface area contributed by atoms with Gasteiger partial charge in [-0.3, -0.25) is 20.4 Å². The number of amides is 2. The van der Waals surface area contributed by atoms with Crippen LogP contribution in [0.2, 0.25) is 0 Å². The van der Waals surface area contributed by atoms with Gasteiger partial charge in [-0.25, -0.2) is 8.42 Å². The molecular formula is C14H16F2N2O6S. The Morgan fingerprint density at radius 3 is 2.52 bits per heavy atom. The van der Waals surface area contributed by atoms with Gasteiger partial charge in [0, 0.05) is 5.56 Å². The number of benzene rings is 1. The molecule has 2 amide bonds. The Morgan fingerprint density at radius 1 is 1.24 bits per heavy atom. The summed E-state index contributed by atoms with van der Waals surface area (Å²) < 4.78 is 56.3. The zero-order valence-corrected chi connectivity index (χ0v) is 13.9. The number of hydrazine groups is 1. The first kappa shape index (κ1) is 18.9. The van der Waals surface area contributed by atoms with E-state index < -0.39 is 34.2 Å². The minimum absolute atomic E-state index is 0.0257. The Hall–Kier alpha value is -2.43. The lowest BCUT2D eigenvalue weighted by Crippen LogP contribution is -2.44. The topological polar surface area (TPSA) is 111 Å². The van der Waals surface area contributed by atoms with Crippen molar-refractivity contribution < 1.29 is 36.3 Å². The molecule has 0 radical (unpaired) electrons. The van der Waals surface area contributed by atoms with Gasteiger partial charge >= 0.3 is 6.61 Å². The van der Waals surface area contributed by atoms with E-state index in [1.165, 1.54) is 19.2 Å². The molecule has 0 unspecified atom stereocenters. The summed E-state index contributed by atoms with van der Waals surface area (Å²) in [5.74, 6) is -2.71. The molecule has 0 saturated carbocycles. The molecule has 0 spiro atoms. The molecule has 8 nitrogen and oxygen atoms in total. The molecule has 138 valence electrons. The summed E-state index contributed by atoms with van der Waals surface area (Å²) >= 11 is 0. The monoisotopic (exact) mass is 378 g/mol. The van der Waals surface area contributed by atoms with Gasteiger partial charge in [0.1, 0.15) is 0 Å². The molecule has 1 aliphatic rings. The van der Waals surface area contributed by atoms with E-state index in [2.05, 4.69) is 15.6 Å². The van der Waals surface area contributed by atoms with Crippen LogP contribution in [0.3, 0.4) is 0 Å². The number of carbonyl (C=O) groups is 2. The van der Waals surface area contributed by atoms with E-state index in [-0.39, 0.29) is 35.0 Å². The Kier molecular flexibility index (Phi) is 5.77. The fourth-order valence-corrected chi connectivity index (χ4v) is 4.04. The normalized spacial score (nSPS) is 18.6. The van der Waals surface area contributed by atoms with Crippen LogP contribution < -0.4 is 20.3 Å². The van der Waals surface area contributed by atoms with E-state index >= 15 is 0 Å². The van der Waals surface area contributed by atoms with E-state index in [1.54, 1.807) is 0 Å². The third kappa shape index (κ3) is 5.02. The second-order valence-electron chi connectivity index (χ2n) is 5.29. The summed E-state index contributed by atoms with van der Waals surface area (Å²) in [6.45, 7) is -3.05. The van der Waals surface area contributed by atoms with Gasteiger partial charge < -0.3 is 9.47 Å². The molecule has 1 atom stereocenters. The number of sulfone groups is 1. The van der Waals surface area contributed by atoms with Crippen molar-refractivity contribution in [3.05, 3.63) is 23.8 Å². The van der Waals surface area contributed by atoms with Gasteiger partial charge in [0.15, 0.2) is 21.3 Å². The summed E-state index contributed by atoms with van der Waals surface area (Å²) in [5.41, 5.74) is 4.31. The molecule has 0 bridgehead atoms. The van der Waals surface area contributed by atoms with Gasteiger partial charge in [-0.15, -0.1) is 0 Å². The molecule has 1 aromatic rings. The van der Waals surface area contributed by atoms with Crippen LogP contribution in [0.4, 0.5) is 8.78 Å². The van der Waals surface area contributed by atoms with Gasteiger partial charge in [0.05, 0.1) is 24.5 Å². The quantitative estimate of drug-likeness (QED) is 0.722. The van der Waals surface area contributed by atoms with E-state index in [0.717, 1.165) is 6.07 Å². The van der Waals surface area contributed by atoms with Crippen LogP contribution in [0.15, 0.2) is 18.2 Å². The lowest BCUT2D eigenvalue weighted by Gasteiger charge is -2.13. The van der Waals surface area contributed by atoms with Crippen molar-refractivity contribution in [2.45, 2.75) is 13.0 Å². The lowest BCUT2D eigenvalue weighted by molar-refractivity contribution is -0.125. The Balaban J connectivity index is 1.97. The number of rotatable bonds is 5. The third-order valence-corrected chi connectivity index (χ3v) is 5.31. The Labute approximate surface area is 142 Å². The van der Waals surface area contributed by atoms with E-state index in [9.17, 15) is 26.8 Å². The van der Waals surface area contributed by atoms with E-state index in [0.29, 0.717) is 0 Å². The molecule has 0 aromatic heterocycles. The smallest absolute Gasteiger partial charge is 0.387 e. The maximum atomic E-state index is 12.3. The van der Waals surface area contributed by atoms with Crippen molar-refractivity contribution >= 4 is 21.7 Å². The highest BCUT2D eigenvalue weighted by molar-refractivity contribution is 7.91. The number of carbonyl (C=O) groups excluding carboxylic acids is 2. The van der Waals surface area contributed by atoms with Crippen molar-refractivity contribution in [1.29, 1.82) is 0 Å². The maximum absolute atomic E-state index is 12.3. The molecule has 1 heterocycles. The highest BCUT2D eigenvalue weighted by Gasteiger charge is 2.33. The van der Waals surface area contributed by atoms with Crippen LogP contribution in [0.1, 0.15) is 16.8 Å². The number of hydrogen-bond acceptors (Lipinski definition) is 6. The fraction of sp³-hybridized carbons (Fsp3) is 0.429. The molecule has 1 aliphatic heterocycles. The lowest BCUT2D eigenvalue weighted by atomic mass is 10.1. The Morgan fingerprint density at radius 2 is 1.96 bits per heavy atom. The number of alkyl halides is 2. The average molecular weight is 378 g/mol. The van der Waals surface area contributed by atoms with Crippen LogP contribution in [0, 0.1) is 5.92 Å². The summed E-state index contributed by atoms with van der Waals surface area (Å²) in [4.78, 5) is 23.9. The molecule has 11 heteroatoms. The number of methoxy groups -OCH3 is 1. The molecule has 2 rings (SSSR count). The summed E-state index contributed by atoms with van der Waals surface area (Å²) in [6, 6.07) is 3.51. The minimum atomic E-state index is -3.22. The first-order chi connectivity index (χ1) is 11.7. The number of nitrogens with one attached hydrogen (secondary N) is 2. The van der Waals surface area contributed by atoms with Crippen molar-refractivity contribution in [1.82, 2.24) is 10.9 Å². The largest absolute Gasteiger partial charge is 0.493 e. The maximum Gasteiger partial charge on any atom is 0.387 e. The van der Waals surface area contributed by atoms with Crippen LogP contribution in [-0.4, -0.2) is 45.5 Å². The molecule has 1 fully saturated rings. The summed E-state index contributed by atoms with van der Waals surface area (Å²) in [6.07, 6.45) is 0.192. The second-order valence-corrected chi connectivity index (χ2v) is 7.52. The summed E-state index contributed by atoms with van der Waals surface area (Å²) in [7, 11) is -2.00. The number of ether oxygens (including phenoxy) is 2. The van der Waals surface area contributed by atoms with Crippen LogP contribution in [-0.2, 0) is 14.6 Å². The fourth-order valence-electron chi connectivity index (χ4n) is 2.30. The van der Waals surface area contributed by atoms with E-state index in [1.807, 2.05) is 0 Å². The predicted molar refractivity (Wildman–Crippen MR) is 82.0 cm³/mol. The van der Waals surface area contributed by atoms with Gasteiger partial charge in [-0.1, -0.05) is 0 Å². The summed E-state index contributed by atoms with van der Waals surface area (Å²) in [5, 5.41) is 0. The highest BCUT2D eigenvalue weighted by Crippen LogP contribution is 2.29.